The van der Waals surface area contributed by atoms with Crippen LogP contribution in [-0.4, -0.2) is 31.7 Å². The number of rotatable bonds is 6. The highest BCUT2D eigenvalue weighted by atomic mass is 19.1. The van der Waals surface area contributed by atoms with Gasteiger partial charge in [0.25, 0.3) is 0 Å². The first kappa shape index (κ1) is 18.1. The molecule has 0 radical (unpaired) electrons. The van der Waals surface area contributed by atoms with Crippen LogP contribution < -0.4 is 0 Å². The van der Waals surface area contributed by atoms with Crippen molar-refractivity contribution in [2.75, 3.05) is 7.05 Å². The second-order valence-electron chi connectivity index (χ2n) is 7.00. The Morgan fingerprint density at radius 1 is 1.04 bits per heavy atom. The maximum absolute atomic E-state index is 13.4. The molecule has 0 saturated carbocycles. The van der Waals surface area contributed by atoms with Gasteiger partial charge in [-0.25, -0.2) is 14.1 Å². The van der Waals surface area contributed by atoms with E-state index in [4.69, 9.17) is 5.10 Å². The van der Waals surface area contributed by atoms with Crippen molar-refractivity contribution in [3.8, 4) is 16.9 Å². The van der Waals surface area contributed by atoms with Gasteiger partial charge in [-0.1, -0.05) is 17.7 Å². The lowest BCUT2D eigenvalue weighted by Gasteiger charge is -2.15. The molecule has 0 fully saturated rings. The fraction of sp³-hybridized carbons (Fsp3) is 0.182. The molecular weight excluding hydrogens is 353 g/mol. The summed E-state index contributed by atoms with van der Waals surface area (Å²) < 4.78 is 15.3. The number of benzene rings is 2. The van der Waals surface area contributed by atoms with Crippen molar-refractivity contribution in [1.29, 1.82) is 0 Å². The van der Waals surface area contributed by atoms with E-state index in [-0.39, 0.29) is 5.82 Å². The first-order valence-corrected chi connectivity index (χ1v) is 9.17. The van der Waals surface area contributed by atoms with Gasteiger partial charge in [-0.15, -0.1) is 0 Å². The molecule has 1 N–H and O–H groups in total. The average molecular weight is 375 g/mol. The highest BCUT2D eigenvalue weighted by molar-refractivity contribution is 5.63. The molecule has 0 aliphatic rings. The summed E-state index contributed by atoms with van der Waals surface area (Å²) in [5, 5.41) is 4.80. The molecule has 0 aliphatic carbocycles. The van der Waals surface area contributed by atoms with Gasteiger partial charge in [0, 0.05) is 36.3 Å². The van der Waals surface area contributed by atoms with Gasteiger partial charge in [0.1, 0.15) is 11.6 Å². The Hall–Kier alpha value is -3.25. The van der Waals surface area contributed by atoms with Crippen molar-refractivity contribution in [2.45, 2.75) is 20.0 Å². The zero-order valence-corrected chi connectivity index (χ0v) is 15.9. The van der Waals surface area contributed by atoms with E-state index in [1.54, 1.807) is 18.3 Å². The molecule has 0 saturated heterocycles. The largest absolute Gasteiger partial charge is 0.348 e. The Morgan fingerprint density at radius 3 is 2.46 bits per heavy atom. The third kappa shape index (κ3) is 4.02. The molecule has 0 bridgehead atoms. The third-order valence-electron chi connectivity index (χ3n) is 4.62. The number of aryl methyl sites for hydroxylation is 1. The summed E-state index contributed by atoms with van der Waals surface area (Å²) in [7, 11) is 2.04. The number of imidazole rings is 1. The lowest BCUT2D eigenvalue weighted by molar-refractivity contribution is 0.312. The Labute approximate surface area is 163 Å². The van der Waals surface area contributed by atoms with Crippen molar-refractivity contribution in [3.63, 3.8) is 0 Å². The van der Waals surface area contributed by atoms with E-state index in [1.807, 2.05) is 36.3 Å². The molecular formula is C22H22FN5. The second-order valence-corrected chi connectivity index (χ2v) is 7.00. The number of halogens is 1. The van der Waals surface area contributed by atoms with Gasteiger partial charge >= 0.3 is 0 Å². The standard InChI is InChI=1S/C22H22FN5/c1-16-3-9-20(10-4-16)28-14-18(13-27(2)15-21-24-11-12-25-21)22(26-28)17-5-7-19(23)8-6-17/h3-12,14H,13,15H2,1-2H3,(H,24,25). The Morgan fingerprint density at radius 2 is 1.79 bits per heavy atom. The molecule has 0 unspecified atom stereocenters. The predicted octanol–water partition coefficient (Wildman–Crippen LogP) is 4.34. The van der Waals surface area contributed by atoms with E-state index < -0.39 is 0 Å². The number of nitrogens with zero attached hydrogens (tertiary/aromatic N) is 4. The van der Waals surface area contributed by atoms with E-state index in [0.29, 0.717) is 13.1 Å². The molecule has 6 heteroatoms. The van der Waals surface area contributed by atoms with Crippen LogP contribution in [-0.2, 0) is 13.1 Å². The van der Waals surface area contributed by atoms with Gasteiger partial charge in [0.05, 0.1) is 17.9 Å². The van der Waals surface area contributed by atoms with E-state index in [2.05, 4.69) is 33.9 Å². The van der Waals surface area contributed by atoms with Gasteiger partial charge in [-0.3, -0.25) is 4.90 Å². The van der Waals surface area contributed by atoms with Gasteiger partial charge in [0.2, 0.25) is 0 Å². The Bertz CT molecular complexity index is 1030. The fourth-order valence-corrected chi connectivity index (χ4v) is 3.19. The second kappa shape index (κ2) is 7.78. The summed E-state index contributed by atoms with van der Waals surface area (Å²) in [6.45, 7) is 3.46. The van der Waals surface area contributed by atoms with Crippen LogP contribution in [0.5, 0.6) is 0 Å². The lowest BCUT2D eigenvalue weighted by Crippen LogP contribution is -2.18. The number of aromatic amines is 1. The maximum Gasteiger partial charge on any atom is 0.123 e. The number of hydrogen-bond donors (Lipinski definition) is 1. The van der Waals surface area contributed by atoms with Crippen LogP contribution in [0, 0.1) is 12.7 Å². The Kier molecular flexibility index (Phi) is 5.04. The van der Waals surface area contributed by atoms with Gasteiger partial charge in [-0.05, 0) is 50.4 Å². The predicted molar refractivity (Wildman–Crippen MR) is 107 cm³/mol. The fourth-order valence-electron chi connectivity index (χ4n) is 3.19. The monoisotopic (exact) mass is 375 g/mol. The number of aromatic nitrogens is 4. The van der Waals surface area contributed by atoms with E-state index in [9.17, 15) is 4.39 Å². The number of nitrogens with one attached hydrogen (secondary N) is 1. The molecule has 2 heterocycles. The average Bonchev–Trinajstić information content (AvgIpc) is 3.33. The molecule has 0 spiro atoms. The van der Waals surface area contributed by atoms with Crippen LogP contribution in [0.2, 0.25) is 0 Å². The summed E-state index contributed by atoms with van der Waals surface area (Å²) >= 11 is 0. The van der Waals surface area contributed by atoms with Gasteiger partial charge < -0.3 is 4.98 Å². The van der Waals surface area contributed by atoms with Crippen LogP contribution in [0.1, 0.15) is 17.0 Å². The van der Waals surface area contributed by atoms with Crippen molar-refractivity contribution in [3.05, 3.63) is 89.9 Å². The van der Waals surface area contributed by atoms with E-state index >= 15 is 0 Å². The van der Waals surface area contributed by atoms with Crippen LogP contribution in [0.15, 0.2) is 67.1 Å². The lowest BCUT2D eigenvalue weighted by atomic mass is 10.1. The van der Waals surface area contributed by atoms with E-state index in [0.717, 1.165) is 28.3 Å². The number of hydrogen-bond acceptors (Lipinski definition) is 3. The zero-order valence-electron chi connectivity index (χ0n) is 15.9. The summed E-state index contributed by atoms with van der Waals surface area (Å²) in [5.41, 5.74) is 5.02. The molecule has 28 heavy (non-hydrogen) atoms. The molecule has 142 valence electrons. The molecule has 2 aromatic heterocycles. The van der Waals surface area contributed by atoms with Crippen LogP contribution >= 0.6 is 0 Å². The van der Waals surface area contributed by atoms with Gasteiger partial charge in [0.15, 0.2) is 0 Å². The van der Waals surface area contributed by atoms with Crippen molar-refractivity contribution in [2.24, 2.45) is 0 Å². The summed E-state index contributed by atoms with van der Waals surface area (Å²) in [6.07, 6.45) is 5.62. The molecule has 4 rings (SSSR count). The van der Waals surface area contributed by atoms with Crippen molar-refractivity contribution >= 4 is 0 Å². The summed E-state index contributed by atoms with van der Waals surface area (Å²) in [5.74, 6) is 0.662. The Balaban J connectivity index is 1.67. The van der Waals surface area contributed by atoms with Crippen LogP contribution in [0.25, 0.3) is 16.9 Å². The van der Waals surface area contributed by atoms with Crippen molar-refractivity contribution < 1.29 is 4.39 Å². The van der Waals surface area contributed by atoms with Crippen LogP contribution in [0.4, 0.5) is 4.39 Å². The smallest absolute Gasteiger partial charge is 0.123 e. The third-order valence-corrected chi connectivity index (χ3v) is 4.62. The first-order valence-electron chi connectivity index (χ1n) is 9.17. The molecule has 4 aromatic rings. The van der Waals surface area contributed by atoms with Crippen LogP contribution in [0.3, 0.4) is 0 Å². The minimum atomic E-state index is -0.252. The summed E-state index contributed by atoms with van der Waals surface area (Å²) in [6, 6.07) is 14.7. The van der Waals surface area contributed by atoms with E-state index in [1.165, 1.54) is 17.7 Å². The molecule has 5 nitrogen and oxygen atoms in total. The zero-order chi connectivity index (χ0) is 19.5. The molecule has 0 amide bonds. The molecule has 0 aliphatic heterocycles. The number of H-pyrrole nitrogens is 1. The highest BCUT2D eigenvalue weighted by Gasteiger charge is 2.15. The summed E-state index contributed by atoms with van der Waals surface area (Å²) in [4.78, 5) is 9.59. The quantitative estimate of drug-likeness (QED) is 0.545. The first-order chi connectivity index (χ1) is 13.6. The SMILES string of the molecule is Cc1ccc(-n2cc(CN(C)Cc3ncc[nH]3)c(-c3ccc(F)cc3)n2)cc1. The van der Waals surface area contributed by atoms with Gasteiger partial charge in [-0.2, -0.15) is 5.10 Å². The maximum atomic E-state index is 13.4. The minimum Gasteiger partial charge on any atom is -0.348 e. The highest BCUT2D eigenvalue weighted by Crippen LogP contribution is 2.25. The molecule has 0 atom stereocenters. The molecule has 2 aromatic carbocycles. The topological polar surface area (TPSA) is 49.7 Å². The minimum absolute atomic E-state index is 0.252. The normalized spacial score (nSPS) is 11.3. The van der Waals surface area contributed by atoms with Crippen molar-refractivity contribution in [1.82, 2.24) is 24.6 Å².